The summed E-state index contributed by atoms with van der Waals surface area (Å²) in [7, 11) is 1.96. The van der Waals surface area contributed by atoms with Gasteiger partial charge in [-0.3, -0.25) is 0 Å². The minimum Gasteiger partial charge on any atom is -0.354 e. The third-order valence-electron chi connectivity index (χ3n) is 3.50. The summed E-state index contributed by atoms with van der Waals surface area (Å²) in [5, 5.41) is 3.16. The van der Waals surface area contributed by atoms with Gasteiger partial charge in [-0.25, -0.2) is 4.98 Å². The Morgan fingerprint density at radius 3 is 3.06 bits per heavy atom. The Labute approximate surface area is 104 Å². The van der Waals surface area contributed by atoms with Crippen LogP contribution >= 0.6 is 0 Å². The number of rotatable bonds is 3. The second kappa shape index (κ2) is 6.01. The van der Waals surface area contributed by atoms with E-state index in [0.29, 0.717) is 6.04 Å². The van der Waals surface area contributed by atoms with Crippen molar-refractivity contribution in [1.82, 2.24) is 10.3 Å². The normalized spacial score (nSPS) is 21.3. The lowest BCUT2D eigenvalue weighted by Gasteiger charge is -2.28. The zero-order chi connectivity index (χ0) is 12.1. The number of hydrogen-bond acceptors (Lipinski definition) is 3. The Bertz CT molecular complexity index is 351. The highest BCUT2D eigenvalue weighted by Crippen LogP contribution is 2.22. The molecule has 0 aromatic carbocycles. The van der Waals surface area contributed by atoms with E-state index in [1.54, 1.807) is 0 Å². The van der Waals surface area contributed by atoms with Crippen LogP contribution in [0.3, 0.4) is 0 Å². The van der Waals surface area contributed by atoms with Crippen LogP contribution in [0.25, 0.3) is 0 Å². The van der Waals surface area contributed by atoms with Gasteiger partial charge < -0.3 is 10.2 Å². The average molecular weight is 233 g/mol. The fraction of sp³-hybridized carbons (Fsp3) is 0.643. The molecule has 0 radical (unpaired) electrons. The van der Waals surface area contributed by atoms with Crippen LogP contribution in [0.5, 0.6) is 0 Å². The maximum absolute atomic E-state index is 4.74. The largest absolute Gasteiger partial charge is 0.354 e. The second-order valence-electron chi connectivity index (χ2n) is 4.91. The third-order valence-corrected chi connectivity index (χ3v) is 3.50. The van der Waals surface area contributed by atoms with Crippen LogP contribution in [0.15, 0.2) is 18.2 Å². The predicted molar refractivity (Wildman–Crippen MR) is 72.3 cm³/mol. The zero-order valence-electron chi connectivity index (χ0n) is 10.9. The van der Waals surface area contributed by atoms with Crippen molar-refractivity contribution in [2.75, 3.05) is 18.5 Å². The van der Waals surface area contributed by atoms with Gasteiger partial charge in [-0.05, 0) is 38.9 Å². The van der Waals surface area contributed by atoms with Gasteiger partial charge in [0.1, 0.15) is 5.82 Å². The molecule has 0 spiro atoms. The molecule has 0 saturated carbocycles. The molecule has 1 aliphatic rings. The molecule has 0 bridgehead atoms. The molecule has 1 aliphatic heterocycles. The molecule has 1 unspecified atom stereocenters. The average Bonchev–Trinajstić information content (AvgIpc) is 2.55. The molecule has 1 saturated heterocycles. The first-order valence-electron chi connectivity index (χ1n) is 6.68. The molecule has 1 N–H and O–H groups in total. The highest BCUT2D eigenvalue weighted by molar-refractivity contribution is 5.40. The van der Waals surface area contributed by atoms with Crippen LogP contribution in [0, 0.1) is 0 Å². The van der Waals surface area contributed by atoms with Gasteiger partial charge in [-0.1, -0.05) is 18.9 Å². The summed E-state index contributed by atoms with van der Waals surface area (Å²) in [6.07, 6.45) is 5.30. The van der Waals surface area contributed by atoms with Crippen molar-refractivity contribution in [2.45, 2.75) is 45.2 Å². The lowest BCUT2D eigenvalue weighted by Crippen LogP contribution is -2.33. The summed E-state index contributed by atoms with van der Waals surface area (Å²) in [6.45, 7) is 4.31. The molecule has 2 heterocycles. The van der Waals surface area contributed by atoms with Gasteiger partial charge >= 0.3 is 0 Å². The Kier molecular flexibility index (Phi) is 4.37. The summed E-state index contributed by atoms with van der Waals surface area (Å²) in [4.78, 5) is 7.21. The summed E-state index contributed by atoms with van der Waals surface area (Å²) in [5.74, 6) is 1.15. The van der Waals surface area contributed by atoms with Crippen LogP contribution in [0.4, 0.5) is 5.82 Å². The van der Waals surface area contributed by atoms with Gasteiger partial charge in [-0.15, -0.1) is 0 Å². The first-order valence-corrected chi connectivity index (χ1v) is 6.68. The maximum Gasteiger partial charge on any atom is 0.129 e. The molecule has 0 amide bonds. The Morgan fingerprint density at radius 2 is 2.24 bits per heavy atom. The summed E-state index contributed by atoms with van der Waals surface area (Å²) < 4.78 is 0. The SMILES string of the molecule is CNCc1cccc(N2CCCCCC2C)n1. The van der Waals surface area contributed by atoms with Crippen LogP contribution in [-0.2, 0) is 6.54 Å². The first-order chi connectivity index (χ1) is 8.31. The molecular formula is C14H23N3. The van der Waals surface area contributed by atoms with Crippen molar-refractivity contribution < 1.29 is 0 Å². The van der Waals surface area contributed by atoms with Crippen molar-refractivity contribution in [3.8, 4) is 0 Å². The van der Waals surface area contributed by atoms with E-state index in [-0.39, 0.29) is 0 Å². The van der Waals surface area contributed by atoms with Gasteiger partial charge in [0.25, 0.3) is 0 Å². The summed E-state index contributed by atoms with van der Waals surface area (Å²) in [5.41, 5.74) is 1.13. The van der Waals surface area contributed by atoms with Gasteiger partial charge in [0.05, 0.1) is 5.69 Å². The topological polar surface area (TPSA) is 28.2 Å². The van der Waals surface area contributed by atoms with Crippen molar-refractivity contribution in [3.05, 3.63) is 23.9 Å². The minimum absolute atomic E-state index is 0.620. The summed E-state index contributed by atoms with van der Waals surface area (Å²) in [6, 6.07) is 6.96. The lowest BCUT2D eigenvalue weighted by atomic mass is 10.1. The number of anilines is 1. The van der Waals surface area contributed by atoms with Gasteiger partial charge in [0.2, 0.25) is 0 Å². The van der Waals surface area contributed by atoms with E-state index in [1.807, 2.05) is 7.05 Å². The van der Waals surface area contributed by atoms with Gasteiger partial charge in [0, 0.05) is 19.1 Å². The zero-order valence-corrected chi connectivity index (χ0v) is 10.9. The van der Waals surface area contributed by atoms with Crippen LogP contribution in [-0.4, -0.2) is 24.6 Å². The van der Waals surface area contributed by atoms with Crippen LogP contribution in [0.2, 0.25) is 0 Å². The quantitative estimate of drug-likeness (QED) is 0.869. The monoisotopic (exact) mass is 233 g/mol. The Balaban J connectivity index is 2.16. The third kappa shape index (κ3) is 3.19. The standard InChI is InChI=1S/C14H23N3/c1-12-7-4-3-5-10-17(12)14-9-6-8-13(16-14)11-15-2/h6,8-9,12,15H,3-5,7,10-11H2,1-2H3. The molecule has 0 aliphatic carbocycles. The summed E-state index contributed by atoms with van der Waals surface area (Å²) >= 11 is 0. The number of pyridine rings is 1. The molecule has 1 aromatic heterocycles. The molecule has 1 atom stereocenters. The van der Waals surface area contributed by atoms with Crippen LogP contribution in [0.1, 0.15) is 38.3 Å². The van der Waals surface area contributed by atoms with Crippen molar-refractivity contribution in [2.24, 2.45) is 0 Å². The van der Waals surface area contributed by atoms with Crippen molar-refractivity contribution >= 4 is 5.82 Å². The van der Waals surface area contributed by atoms with E-state index in [0.717, 1.165) is 24.6 Å². The predicted octanol–water partition coefficient (Wildman–Crippen LogP) is 2.57. The molecule has 1 fully saturated rings. The van der Waals surface area contributed by atoms with Gasteiger partial charge in [0.15, 0.2) is 0 Å². The maximum atomic E-state index is 4.74. The molecular weight excluding hydrogens is 210 g/mol. The van der Waals surface area contributed by atoms with E-state index >= 15 is 0 Å². The molecule has 3 nitrogen and oxygen atoms in total. The van der Waals surface area contributed by atoms with E-state index in [4.69, 9.17) is 4.98 Å². The molecule has 2 rings (SSSR count). The van der Waals surface area contributed by atoms with Gasteiger partial charge in [-0.2, -0.15) is 0 Å². The minimum atomic E-state index is 0.620. The highest BCUT2D eigenvalue weighted by Gasteiger charge is 2.18. The van der Waals surface area contributed by atoms with Crippen molar-refractivity contribution in [1.29, 1.82) is 0 Å². The van der Waals surface area contributed by atoms with E-state index in [9.17, 15) is 0 Å². The van der Waals surface area contributed by atoms with E-state index in [1.165, 1.54) is 25.7 Å². The lowest BCUT2D eigenvalue weighted by molar-refractivity contribution is 0.609. The Hall–Kier alpha value is -1.09. The molecule has 1 aromatic rings. The van der Waals surface area contributed by atoms with E-state index in [2.05, 4.69) is 35.3 Å². The van der Waals surface area contributed by atoms with E-state index < -0.39 is 0 Å². The van der Waals surface area contributed by atoms with Crippen LogP contribution < -0.4 is 10.2 Å². The smallest absolute Gasteiger partial charge is 0.129 e. The number of aromatic nitrogens is 1. The highest BCUT2D eigenvalue weighted by atomic mass is 15.2. The fourth-order valence-corrected chi connectivity index (χ4v) is 2.52. The van der Waals surface area contributed by atoms with Crippen molar-refractivity contribution in [3.63, 3.8) is 0 Å². The molecule has 3 heteroatoms. The fourth-order valence-electron chi connectivity index (χ4n) is 2.52. The molecule has 17 heavy (non-hydrogen) atoms. The molecule has 94 valence electrons. The number of nitrogens with one attached hydrogen (secondary N) is 1. The number of hydrogen-bond donors (Lipinski definition) is 1. The Morgan fingerprint density at radius 1 is 1.35 bits per heavy atom. The number of nitrogens with zero attached hydrogens (tertiary/aromatic N) is 2. The first kappa shape index (κ1) is 12.4. The second-order valence-corrected chi connectivity index (χ2v) is 4.91.